The first-order valence-corrected chi connectivity index (χ1v) is 10.5. The van der Waals surface area contributed by atoms with Crippen molar-refractivity contribution in [3.05, 3.63) is 65.5 Å². The number of hydrogen-bond acceptors (Lipinski definition) is 3. The summed E-state index contributed by atoms with van der Waals surface area (Å²) in [6.07, 6.45) is 2.00. The fourth-order valence-corrected chi connectivity index (χ4v) is 3.52. The van der Waals surface area contributed by atoms with Gasteiger partial charge in [-0.1, -0.05) is 44.2 Å². The smallest absolute Gasteiger partial charge is 0.253 e. The summed E-state index contributed by atoms with van der Waals surface area (Å²) in [6.45, 7) is 6.69. The Bertz CT molecular complexity index is 896. The van der Waals surface area contributed by atoms with E-state index in [1.54, 1.807) is 36.4 Å². The second-order valence-corrected chi connectivity index (χ2v) is 8.30. The van der Waals surface area contributed by atoms with Crippen LogP contribution in [0.3, 0.4) is 0 Å². The average Bonchev–Trinajstić information content (AvgIpc) is 3.55. The fraction of sp³-hybridized carbons (Fsp3) is 0.417. The SMILES string of the molecule is CC(C)CNC(=O)c1ccccc1NC(=O)CN(C1CC1)[C@H](C)c1ccccc1F. The van der Waals surface area contributed by atoms with Gasteiger partial charge in [0.05, 0.1) is 17.8 Å². The summed E-state index contributed by atoms with van der Waals surface area (Å²) in [6, 6.07) is 13.7. The quantitative estimate of drug-likeness (QED) is 0.644. The predicted octanol–water partition coefficient (Wildman–Crippen LogP) is 4.38. The van der Waals surface area contributed by atoms with Gasteiger partial charge in [0.1, 0.15) is 5.82 Å². The number of amides is 2. The number of para-hydroxylation sites is 1. The van der Waals surface area contributed by atoms with Crippen molar-refractivity contribution in [3.63, 3.8) is 0 Å². The predicted molar refractivity (Wildman–Crippen MR) is 117 cm³/mol. The first-order valence-electron chi connectivity index (χ1n) is 10.5. The maximum atomic E-state index is 14.3. The molecule has 1 fully saturated rings. The van der Waals surface area contributed by atoms with E-state index in [1.807, 2.05) is 31.7 Å². The molecule has 1 saturated carbocycles. The third-order valence-electron chi connectivity index (χ3n) is 5.31. The third kappa shape index (κ3) is 5.66. The highest BCUT2D eigenvalue weighted by molar-refractivity contribution is 6.04. The molecule has 2 aromatic carbocycles. The highest BCUT2D eigenvalue weighted by Crippen LogP contribution is 2.34. The maximum absolute atomic E-state index is 14.3. The Labute approximate surface area is 177 Å². The number of anilines is 1. The van der Waals surface area contributed by atoms with Crippen LogP contribution in [0.25, 0.3) is 0 Å². The minimum absolute atomic E-state index is 0.141. The van der Waals surface area contributed by atoms with E-state index < -0.39 is 0 Å². The van der Waals surface area contributed by atoms with E-state index in [4.69, 9.17) is 0 Å². The summed E-state index contributed by atoms with van der Waals surface area (Å²) >= 11 is 0. The van der Waals surface area contributed by atoms with Crippen LogP contribution in [0, 0.1) is 11.7 Å². The van der Waals surface area contributed by atoms with Gasteiger partial charge in [-0.25, -0.2) is 4.39 Å². The second-order valence-electron chi connectivity index (χ2n) is 8.30. The van der Waals surface area contributed by atoms with Crippen LogP contribution in [0.4, 0.5) is 10.1 Å². The summed E-state index contributed by atoms with van der Waals surface area (Å²) in [4.78, 5) is 27.4. The number of carbonyl (C=O) groups is 2. The molecule has 30 heavy (non-hydrogen) atoms. The van der Waals surface area contributed by atoms with Gasteiger partial charge in [0.15, 0.2) is 0 Å². The molecule has 5 nitrogen and oxygen atoms in total. The third-order valence-corrected chi connectivity index (χ3v) is 5.31. The van der Waals surface area contributed by atoms with Crippen LogP contribution in [0.2, 0.25) is 0 Å². The van der Waals surface area contributed by atoms with Crippen molar-refractivity contribution in [2.75, 3.05) is 18.4 Å². The molecule has 1 atom stereocenters. The van der Waals surface area contributed by atoms with Gasteiger partial charge in [-0.2, -0.15) is 0 Å². The standard InChI is InChI=1S/C24H30FN3O2/c1-16(2)14-26-24(30)20-9-5-7-11-22(20)27-23(29)15-28(18-12-13-18)17(3)19-8-4-6-10-21(19)25/h4-11,16-18H,12-15H2,1-3H3,(H,26,30)(H,27,29)/t17-/m1/s1. The van der Waals surface area contributed by atoms with E-state index in [9.17, 15) is 14.0 Å². The molecule has 2 N–H and O–H groups in total. The minimum atomic E-state index is -0.261. The van der Waals surface area contributed by atoms with Gasteiger partial charge in [0, 0.05) is 24.2 Å². The van der Waals surface area contributed by atoms with E-state index in [0.29, 0.717) is 29.3 Å². The van der Waals surface area contributed by atoms with Gasteiger partial charge >= 0.3 is 0 Å². The van der Waals surface area contributed by atoms with Crippen LogP contribution >= 0.6 is 0 Å². The molecule has 2 amide bonds. The van der Waals surface area contributed by atoms with Gasteiger partial charge in [-0.05, 0) is 43.9 Å². The molecule has 160 valence electrons. The molecule has 1 aliphatic carbocycles. The molecule has 3 rings (SSSR count). The van der Waals surface area contributed by atoms with Gasteiger partial charge in [0.25, 0.3) is 5.91 Å². The van der Waals surface area contributed by atoms with Gasteiger partial charge in [-0.15, -0.1) is 0 Å². The maximum Gasteiger partial charge on any atom is 0.253 e. The Morgan fingerprint density at radius 1 is 1.07 bits per heavy atom. The van der Waals surface area contributed by atoms with E-state index in [0.717, 1.165) is 12.8 Å². The van der Waals surface area contributed by atoms with Crippen LogP contribution in [0.1, 0.15) is 55.6 Å². The number of nitrogens with zero attached hydrogens (tertiary/aromatic N) is 1. The zero-order valence-electron chi connectivity index (χ0n) is 17.8. The Morgan fingerprint density at radius 2 is 1.73 bits per heavy atom. The largest absolute Gasteiger partial charge is 0.352 e. The summed E-state index contributed by atoms with van der Waals surface area (Å²) < 4.78 is 14.3. The van der Waals surface area contributed by atoms with Crippen LogP contribution in [-0.2, 0) is 4.79 Å². The molecule has 0 spiro atoms. The Morgan fingerprint density at radius 3 is 2.40 bits per heavy atom. The van der Waals surface area contributed by atoms with Crippen molar-refractivity contribution >= 4 is 17.5 Å². The summed E-state index contributed by atoms with van der Waals surface area (Å²) in [5, 5.41) is 5.76. The lowest BCUT2D eigenvalue weighted by Gasteiger charge is -2.29. The van der Waals surface area contributed by atoms with Gasteiger partial charge in [-0.3, -0.25) is 14.5 Å². The number of rotatable bonds is 9. The normalized spacial score (nSPS) is 14.6. The summed E-state index contributed by atoms with van der Waals surface area (Å²) in [5.74, 6) is -0.349. The zero-order chi connectivity index (χ0) is 21.7. The fourth-order valence-electron chi connectivity index (χ4n) is 3.52. The van der Waals surface area contributed by atoms with Crippen molar-refractivity contribution in [3.8, 4) is 0 Å². The minimum Gasteiger partial charge on any atom is -0.352 e. The summed E-state index contributed by atoms with van der Waals surface area (Å²) in [5.41, 5.74) is 1.51. The lowest BCUT2D eigenvalue weighted by atomic mass is 10.1. The van der Waals surface area contributed by atoms with Crippen LogP contribution in [0.15, 0.2) is 48.5 Å². The highest BCUT2D eigenvalue weighted by Gasteiger charge is 2.34. The van der Waals surface area contributed by atoms with E-state index in [2.05, 4.69) is 10.6 Å². The van der Waals surface area contributed by atoms with E-state index in [-0.39, 0.29) is 36.3 Å². The monoisotopic (exact) mass is 411 g/mol. The molecule has 2 aromatic rings. The first-order chi connectivity index (χ1) is 14.4. The molecule has 0 radical (unpaired) electrons. The van der Waals surface area contributed by atoms with Gasteiger partial charge < -0.3 is 10.6 Å². The number of hydrogen-bond donors (Lipinski definition) is 2. The molecule has 1 aliphatic rings. The molecule has 0 aliphatic heterocycles. The Balaban J connectivity index is 1.70. The molecule has 0 aromatic heterocycles. The van der Waals surface area contributed by atoms with Crippen LogP contribution in [0.5, 0.6) is 0 Å². The molecular weight excluding hydrogens is 381 g/mol. The number of carbonyl (C=O) groups excluding carboxylic acids is 2. The van der Waals surface area contributed by atoms with E-state index >= 15 is 0 Å². The van der Waals surface area contributed by atoms with Crippen molar-refractivity contribution in [2.45, 2.75) is 45.7 Å². The van der Waals surface area contributed by atoms with Crippen molar-refractivity contribution in [1.29, 1.82) is 0 Å². The average molecular weight is 412 g/mol. The molecule has 0 heterocycles. The first kappa shape index (κ1) is 22.0. The molecule has 0 unspecified atom stereocenters. The van der Waals surface area contributed by atoms with Crippen molar-refractivity contribution in [1.82, 2.24) is 10.2 Å². The van der Waals surface area contributed by atoms with Crippen LogP contribution in [-0.4, -0.2) is 35.8 Å². The lowest BCUT2D eigenvalue weighted by molar-refractivity contribution is -0.118. The van der Waals surface area contributed by atoms with E-state index in [1.165, 1.54) is 6.07 Å². The number of nitrogens with one attached hydrogen (secondary N) is 2. The molecule has 0 saturated heterocycles. The molecular formula is C24H30FN3O2. The molecule has 0 bridgehead atoms. The molecule has 6 heteroatoms. The highest BCUT2D eigenvalue weighted by atomic mass is 19.1. The van der Waals surface area contributed by atoms with Crippen molar-refractivity contribution < 1.29 is 14.0 Å². The summed E-state index contributed by atoms with van der Waals surface area (Å²) in [7, 11) is 0. The van der Waals surface area contributed by atoms with Gasteiger partial charge in [0.2, 0.25) is 5.91 Å². The zero-order valence-corrected chi connectivity index (χ0v) is 17.8. The Kier molecular flexibility index (Phi) is 7.21. The Hall–Kier alpha value is -2.73. The van der Waals surface area contributed by atoms with Crippen LogP contribution < -0.4 is 10.6 Å². The lowest BCUT2D eigenvalue weighted by Crippen LogP contribution is -2.37. The van der Waals surface area contributed by atoms with Crippen molar-refractivity contribution in [2.24, 2.45) is 5.92 Å². The number of benzene rings is 2. The topological polar surface area (TPSA) is 61.4 Å². The number of halogens is 1. The second kappa shape index (κ2) is 9.85.